The zero-order valence-corrected chi connectivity index (χ0v) is 12.7. The Hall–Kier alpha value is -1.29. The Morgan fingerprint density at radius 3 is 2.58 bits per heavy atom. The Balaban J connectivity index is 1.76. The van der Waals surface area contributed by atoms with Gasteiger partial charge in [0.25, 0.3) is 0 Å². The molecule has 0 saturated heterocycles. The molecule has 19 heavy (non-hydrogen) atoms. The van der Waals surface area contributed by atoms with Crippen LogP contribution in [0, 0.1) is 6.92 Å². The Morgan fingerprint density at radius 1 is 1.21 bits per heavy atom. The Labute approximate surface area is 119 Å². The molecule has 1 heterocycles. The highest BCUT2D eigenvalue weighted by Gasteiger charge is 2.08. The Bertz CT molecular complexity index is 507. The van der Waals surface area contributed by atoms with Crippen molar-refractivity contribution in [2.24, 2.45) is 7.05 Å². The Morgan fingerprint density at radius 2 is 1.95 bits per heavy atom. The summed E-state index contributed by atoms with van der Waals surface area (Å²) in [5.74, 6) is 2.98. The third kappa shape index (κ3) is 4.10. The van der Waals surface area contributed by atoms with Crippen molar-refractivity contribution in [1.82, 2.24) is 14.8 Å². The average molecular weight is 275 g/mol. The molecule has 2 rings (SSSR count). The minimum Gasteiger partial charge on any atom is -0.318 e. The molecule has 0 amide bonds. The third-order valence-corrected chi connectivity index (χ3v) is 4.59. The van der Waals surface area contributed by atoms with Gasteiger partial charge in [-0.3, -0.25) is 0 Å². The molecule has 1 aromatic heterocycles. The number of aryl methyl sites for hydroxylation is 2. The molecule has 0 aliphatic heterocycles. The van der Waals surface area contributed by atoms with Gasteiger partial charge in [0, 0.05) is 12.3 Å². The maximum Gasteiger partial charge on any atom is 0.142 e. The molecular formula is C15H21N3S. The number of nitrogens with zero attached hydrogens (tertiary/aromatic N) is 3. The first-order valence-electron chi connectivity index (χ1n) is 6.67. The van der Waals surface area contributed by atoms with E-state index in [9.17, 15) is 0 Å². The largest absolute Gasteiger partial charge is 0.318 e. The molecule has 1 atom stereocenters. The summed E-state index contributed by atoms with van der Waals surface area (Å²) in [7, 11) is 2.03. The summed E-state index contributed by atoms with van der Waals surface area (Å²) in [6, 6.07) is 10.7. The SMILES string of the molecule is Cc1nnc(CSC(C)CCc2ccccc2)n1C. The molecule has 0 saturated carbocycles. The van der Waals surface area contributed by atoms with Gasteiger partial charge in [-0.1, -0.05) is 37.3 Å². The number of rotatable bonds is 6. The summed E-state index contributed by atoms with van der Waals surface area (Å²) >= 11 is 1.95. The molecule has 2 aromatic rings. The molecule has 3 nitrogen and oxygen atoms in total. The summed E-state index contributed by atoms with van der Waals surface area (Å²) in [6.07, 6.45) is 2.35. The lowest BCUT2D eigenvalue weighted by Gasteiger charge is -2.10. The first kappa shape index (κ1) is 14.1. The summed E-state index contributed by atoms with van der Waals surface area (Å²) in [4.78, 5) is 0. The van der Waals surface area contributed by atoms with E-state index in [-0.39, 0.29) is 0 Å². The molecule has 0 radical (unpaired) electrons. The van der Waals surface area contributed by atoms with E-state index >= 15 is 0 Å². The van der Waals surface area contributed by atoms with Crippen LogP contribution in [0.1, 0.15) is 30.6 Å². The lowest BCUT2D eigenvalue weighted by molar-refractivity contribution is 0.798. The molecule has 0 aliphatic rings. The normalized spacial score (nSPS) is 12.6. The lowest BCUT2D eigenvalue weighted by atomic mass is 10.1. The van der Waals surface area contributed by atoms with Crippen LogP contribution < -0.4 is 0 Å². The van der Waals surface area contributed by atoms with E-state index in [4.69, 9.17) is 0 Å². The lowest BCUT2D eigenvalue weighted by Crippen LogP contribution is -2.03. The average Bonchev–Trinajstić information content (AvgIpc) is 2.75. The molecule has 0 aliphatic carbocycles. The van der Waals surface area contributed by atoms with Crippen molar-refractivity contribution >= 4 is 11.8 Å². The molecule has 0 spiro atoms. The number of hydrogen-bond acceptors (Lipinski definition) is 3. The van der Waals surface area contributed by atoms with Crippen molar-refractivity contribution < 1.29 is 0 Å². The minimum absolute atomic E-state index is 0.636. The quantitative estimate of drug-likeness (QED) is 0.809. The van der Waals surface area contributed by atoms with Crippen LogP contribution in [-0.2, 0) is 19.2 Å². The first-order valence-corrected chi connectivity index (χ1v) is 7.72. The van der Waals surface area contributed by atoms with E-state index in [0.29, 0.717) is 5.25 Å². The van der Waals surface area contributed by atoms with Crippen LogP contribution in [0.5, 0.6) is 0 Å². The van der Waals surface area contributed by atoms with Crippen molar-refractivity contribution in [3.63, 3.8) is 0 Å². The molecule has 1 aromatic carbocycles. The van der Waals surface area contributed by atoms with E-state index in [2.05, 4.69) is 52.0 Å². The van der Waals surface area contributed by atoms with Gasteiger partial charge in [-0.05, 0) is 25.3 Å². The smallest absolute Gasteiger partial charge is 0.142 e. The standard InChI is InChI=1S/C15H21N3S/c1-12(9-10-14-7-5-4-6-8-14)19-11-15-17-16-13(2)18(15)3/h4-8,12H,9-11H2,1-3H3. The molecule has 4 heteroatoms. The zero-order chi connectivity index (χ0) is 13.7. The second-order valence-corrected chi connectivity index (χ2v) is 6.30. The Kier molecular flexibility index (Phi) is 5.02. The van der Waals surface area contributed by atoms with E-state index in [1.165, 1.54) is 12.0 Å². The number of hydrogen-bond donors (Lipinski definition) is 0. The monoisotopic (exact) mass is 275 g/mol. The molecular weight excluding hydrogens is 254 g/mol. The topological polar surface area (TPSA) is 30.7 Å². The molecule has 102 valence electrons. The van der Waals surface area contributed by atoms with Gasteiger partial charge in [0.05, 0.1) is 5.75 Å². The highest BCUT2D eigenvalue weighted by molar-refractivity contribution is 7.99. The fourth-order valence-electron chi connectivity index (χ4n) is 1.89. The van der Waals surface area contributed by atoms with Crippen LogP contribution in [0.25, 0.3) is 0 Å². The van der Waals surface area contributed by atoms with Crippen molar-refractivity contribution in [1.29, 1.82) is 0 Å². The van der Waals surface area contributed by atoms with Gasteiger partial charge in [-0.15, -0.1) is 10.2 Å². The molecule has 1 unspecified atom stereocenters. The number of aromatic nitrogens is 3. The molecule has 0 N–H and O–H groups in total. The van der Waals surface area contributed by atoms with E-state index in [1.54, 1.807) is 0 Å². The van der Waals surface area contributed by atoms with Crippen LogP contribution in [0.2, 0.25) is 0 Å². The van der Waals surface area contributed by atoms with Gasteiger partial charge < -0.3 is 4.57 Å². The van der Waals surface area contributed by atoms with Crippen LogP contribution in [0.15, 0.2) is 30.3 Å². The van der Waals surface area contributed by atoms with Gasteiger partial charge >= 0.3 is 0 Å². The van der Waals surface area contributed by atoms with Crippen molar-refractivity contribution in [2.75, 3.05) is 0 Å². The maximum absolute atomic E-state index is 4.20. The van der Waals surface area contributed by atoms with E-state index in [0.717, 1.165) is 23.8 Å². The molecule has 0 fully saturated rings. The van der Waals surface area contributed by atoms with E-state index in [1.807, 2.05) is 25.7 Å². The van der Waals surface area contributed by atoms with Gasteiger partial charge in [0.1, 0.15) is 11.6 Å². The minimum atomic E-state index is 0.636. The maximum atomic E-state index is 4.20. The highest BCUT2D eigenvalue weighted by atomic mass is 32.2. The van der Waals surface area contributed by atoms with Crippen LogP contribution in [-0.4, -0.2) is 20.0 Å². The number of benzene rings is 1. The van der Waals surface area contributed by atoms with E-state index < -0.39 is 0 Å². The summed E-state index contributed by atoms with van der Waals surface area (Å²) in [5.41, 5.74) is 1.42. The zero-order valence-electron chi connectivity index (χ0n) is 11.8. The summed E-state index contributed by atoms with van der Waals surface area (Å²) in [5, 5.41) is 8.92. The van der Waals surface area contributed by atoms with Crippen molar-refractivity contribution in [3.05, 3.63) is 47.5 Å². The van der Waals surface area contributed by atoms with Crippen LogP contribution in [0.3, 0.4) is 0 Å². The van der Waals surface area contributed by atoms with Crippen LogP contribution >= 0.6 is 11.8 Å². The van der Waals surface area contributed by atoms with Gasteiger partial charge in [-0.25, -0.2) is 0 Å². The highest BCUT2D eigenvalue weighted by Crippen LogP contribution is 2.20. The predicted octanol–water partition coefficient (Wildman–Crippen LogP) is 3.38. The van der Waals surface area contributed by atoms with Crippen LogP contribution in [0.4, 0.5) is 0 Å². The van der Waals surface area contributed by atoms with Gasteiger partial charge in [-0.2, -0.15) is 11.8 Å². The first-order chi connectivity index (χ1) is 9.16. The predicted molar refractivity (Wildman–Crippen MR) is 81.3 cm³/mol. The fourth-order valence-corrected chi connectivity index (χ4v) is 2.86. The summed E-state index contributed by atoms with van der Waals surface area (Å²) < 4.78 is 2.07. The second-order valence-electron chi connectivity index (χ2n) is 4.87. The molecule has 0 bridgehead atoms. The third-order valence-electron chi connectivity index (χ3n) is 3.36. The summed E-state index contributed by atoms with van der Waals surface area (Å²) in [6.45, 7) is 4.27. The van der Waals surface area contributed by atoms with Gasteiger partial charge in [0.15, 0.2) is 0 Å². The fraction of sp³-hybridized carbons (Fsp3) is 0.467. The second kappa shape index (κ2) is 6.75. The van der Waals surface area contributed by atoms with Crippen molar-refractivity contribution in [2.45, 2.75) is 37.7 Å². The van der Waals surface area contributed by atoms with Crippen molar-refractivity contribution in [3.8, 4) is 0 Å². The van der Waals surface area contributed by atoms with Gasteiger partial charge in [0.2, 0.25) is 0 Å². The number of thioether (sulfide) groups is 1.